The van der Waals surface area contributed by atoms with E-state index in [1.165, 1.54) is 6.07 Å². The van der Waals surface area contributed by atoms with Gasteiger partial charge in [0.15, 0.2) is 11.6 Å². The zero-order valence-electron chi connectivity index (χ0n) is 7.70. The number of aromatic hydroxyl groups is 1. The molecule has 5 heteroatoms. The number of rotatable bonds is 2. The number of aliphatic hydroxyl groups is 1. The van der Waals surface area contributed by atoms with Crippen molar-refractivity contribution in [2.75, 3.05) is 6.61 Å². The number of aryl methyl sites for hydroxylation is 1. The van der Waals surface area contributed by atoms with Gasteiger partial charge in [0.1, 0.15) is 0 Å². The summed E-state index contributed by atoms with van der Waals surface area (Å²) in [5.74, 6) is -1.19. The third-order valence-electron chi connectivity index (χ3n) is 1.95. The minimum absolute atomic E-state index is 0. The molecular weight excluding hydrogens is 209 g/mol. The van der Waals surface area contributed by atoms with Crippen molar-refractivity contribution in [3.8, 4) is 5.75 Å². The van der Waals surface area contributed by atoms with Crippen molar-refractivity contribution < 1.29 is 14.6 Å². The molecule has 0 unspecified atom stereocenters. The fraction of sp³-hybridized carbons (Fsp3) is 0.333. The van der Waals surface area contributed by atoms with E-state index in [2.05, 4.69) is 0 Å². The first-order valence-corrected chi connectivity index (χ1v) is 3.92. The van der Waals surface area contributed by atoms with Crippen LogP contribution in [-0.4, -0.2) is 16.8 Å². The van der Waals surface area contributed by atoms with E-state index in [9.17, 15) is 9.50 Å². The molecule has 0 fully saturated rings. The summed E-state index contributed by atoms with van der Waals surface area (Å²) in [5.41, 5.74) is 6.42. The summed E-state index contributed by atoms with van der Waals surface area (Å²) >= 11 is 0. The molecule has 0 spiro atoms. The van der Waals surface area contributed by atoms with Crippen LogP contribution in [0, 0.1) is 12.7 Å². The van der Waals surface area contributed by atoms with Crippen LogP contribution in [0.4, 0.5) is 4.39 Å². The molecular formula is C9H13ClFNO2. The van der Waals surface area contributed by atoms with Crippen molar-refractivity contribution in [1.82, 2.24) is 0 Å². The zero-order chi connectivity index (χ0) is 10.0. The number of phenolic OH excluding ortho intramolecular Hbond substituents is 1. The first-order chi connectivity index (χ1) is 6.07. The molecule has 1 aromatic rings. The Kier molecular flexibility index (Phi) is 4.83. The standard InChI is InChI=1S/C9H12FNO2.ClH/c1-5-2-3-6(10)9(13)8(5)7(11)4-12;/h2-3,7,12-13H,4,11H2,1H3;1H/t7-;/m0./s1. The van der Waals surface area contributed by atoms with Crippen LogP contribution >= 0.6 is 12.4 Å². The predicted molar refractivity (Wildman–Crippen MR) is 54.1 cm³/mol. The van der Waals surface area contributed by atoms with Gasteiger partial charge in [0.2, 0.25) is 0 Å². The second-order valence-corrected chi connectivity index (χ2v) is 2.92. The van der Waals surface area contributed by atoms with E-state index in [0.29, 0.717) is 5.56 Å². The quantitative estimate of drug-likeness (QED) is 0.704. The van der Waals surface area contributed by atoms with Crippen molar-refractivity contribution in [3.05, 3.63) is 29.1 Å². The zero-order valence-corrected chi connectivity index (χ0v) is 8.51. The maximum Gasteiger partial charge on any atom is 0.165 e. The van der Waals surface area contributed by atoms with E-state index in [-0.39, 0.29) is 24.6 Å². The van der Waals surface area contributed by atoms with Crippen LogP contribution in [0.2, 0.25) is 0 Å². The molecule has 4 N–H and O–H groups in total. The normalized spacial score (nSPS) is 12.0. The van der Waals surface area contributed by atoms with Gasteiger partial charge in [0.05, 0.1) is 12.6 Å². The maximum atomic E-state index is 12.9. The van der Waals surface area contributed by atoms with Crippen LogP contribution < -0.4 is 5.73 Å². The van der Waals surface area contributed by atoms with E-state index in [1.807, 2.05) is 0 Å². The Bertz CT molecular complexity index is 320. The van der Waals surface area contributed by atoms with Gasteiger partial charge in [0.25, 0.3) is 0 Å². The molecule has 0 saturated carbocycles. The topological polar surface area (TPSA) is 66.5 Å². The molecule has 0 bridgehead atoms. The molecule has 0 saturated heterocycles. The number of hydrogen-bond acceptors (Lipinski definition) is 3. The Morgan fingerprint density at radius 3 is 2.57 bits per heavy atom. The highest BCUT2D eigenvalue weighted by atomic mass is 35.5. The van der Waals surface area contributed by atoms with E-state index in [4.69, 9.17) is 10.8 Å². The Hall–Kier alpha value is -0.840. The van der Waals surface area contributed by atoms with Crippen LogP contribution in [0.25, 0.3) is 0 Å². The van der Waals surface area contributed by atoms with E-state index >= 15 is 0 Å². The molecule has 3 nitrogen and oxygen atoms in total. The number of aliphatic hydroxyl groups excluding tert-OH is 1. The summed E-state index contributed by atoms with van der Waals surface area (Å²) in [5, 5.41) is 18.1. The van der Waals surface area contributed by atoms with Gasteiger partial charge in [-0.15, -0.1) is 12.4 Å². The number of halogens is 2. The lowest BCUT2D eigenvalue weighted by Gasteiger charge is -2.13. The number of phenols is 1. The van der Waals surface area contributed by atoms with E-state index < -0.39 is 17.6 Å². The average Bonchev–Trinajstić information content (AvgIpc) is 2.12. The molecule has 1 atom stereocenters. The average molecular weight is 222 g/mol. The summed E-state index contributed by atoms with van der Waals surface area (Å²) < 4.78 is 12.9. The molecule has 0 aromatic heterocycles. The van der Waals surface area contributed by atoms with Gasteiger partial charge in [-0.25, -0.2) is 4.39 Å². The number of hydrogen-bond donors (Lipinski definition) is 3. The monoisotopic (exact) mass is 221 g/mol. The van der Waals surface area contributed by atoms with Gasteiger partial charge in [0, 0.05) is 5.56 Å². The highest BCUT2D eigenvalue weighted by molar-refractivity contribution is 5.85. The smallest absolute Gasteiger partial charge is 0.165 e. The van der Waals surface area contributed by atoms with Gasteiger partial charge < -0.3 is 15.9 Å². The van der Waals surface area contributed by atoms with E-state index in [1.54, 1.807) is 6.92 Å². The van der Waals surface area contributed by atoms with Crippen LogP contribution in [0.5, 0.6) is 5.75 Å². The number of benzene rings is 1. The fourth-order valence-electron chi connectivity index (χ4n) is 1.24. The minimum Gasteiger partial charge on any atom is -0.505 e. The van der Waals surface area contributed by atoms with E-state index in [0.717, 1.165) is 6.07 Å². The first-order valence-electron chi connectivity index (χ1n) is 3.92. The Morgan fingerprint density at radius 1 is 1.50 bits per heavy atom. The Morgan fingerprint density at radius 2 is 2.07 bits per heavy atom. The Balaban J connectivity index is 0.00000169. The fourth-order valence-corrected chi connectivity index (χ4v) is 1.24. The highest BCUT2D eigenvalue weighted by Gasteiger charge is 2.15. The third kappa shape index (κ3) is 2.35. The molecule has 0 aliphatic carbocycles. The minimum atomic E-state index is -0.740. The number of nitrogens with two attached hydrogens (primary N) is 1. The van der Waals surface area contributed by atoms with Crippen LogP contribution in [0.3, 0.4) is 0 Å². The van der Waals surface area contributed by atoms with Crippen LogP contribution in [0.15, 0.2) is 12.1 Å². The first kappa shape index (κ1) is 13.2. The van der Waals surface area contributed by atoms with Gasteiger partial charge >= 0.3 is 0 Å². The molecule has 80 valence electrons. The molecule has 0 amide bonds. The Labute approximate surface area is 87.8 Å². The summed E-state index contributed by atoms with van der Waals surface area (Å²) in [7, 11) is 0. The summed E-state index contributed by atoms with van der Waals surface area (Å²) in [6.07, 6.45) is 0. The summed E-state index contributed by atoms with van der Waals surface area (Å²) in [4.78, 5) is 0. The van der Waals surface area contributed by atoms with Crippen LogP contribution in [-0.2, 0) is 0 Å². The van der Waals surface area contributed by atoms with Crippen molar-refractivity contribution in [2.45, 2.75) is 13.0 Å². The van der Waals surface area contributed by atoms with Crippen molar-refractivity contribution in [3.63, 3.8) is 0 Å². The second kappa shape index (κ2) is 5.14. The van der Waals surface area contributed by atoms with Gasteiger partial charge in [-0.05, 0) is 18.6 Å². The predicted octanol–water partition coefficient (Wildman–Crippen LogP) is 1.25. The van der Waals surface area contributed by atoms with Gasteiger partial charge in [-0.1, -0.05) is 6.07 Å². The summed E-state index contributed by atoms with van der Waals surface area (Å²) in [6, 6.07) is 1.94. The van der Waals surface area contributed by atoms with Crippen molar-refractivity contribution >= 4 is 12.4 Å². The highest BCUT2D eigenvalue weighted by Crippen LogP contribution is 2.28. The largest absolute Gasteiger partial charge is 0.505 e. The third-order valence-corrected chi connectivity index (χ3v) is 1.95. The lowest BCUT2D eigenvalue weighted by molar-refractivity contribution is 0.264. The molecule has 0 aliphatic heterocycles. The molecule has 1 rings (SSSR count). The molecule has 0 heterocycles. The van der Waals surface area contributed by atoms with Gasteiger partial charge in [-0.2, -0.15) is 0 Å². The molecule has 0 aliphatic rings. The molecule has 14 heavy (non-hydrogen) atoms. The van der Waals surface area contributed by atoms with Crippen molar-refractivity contribution in [2.24, 2.45) is 5.73 Å². The van der Waals surface area contributed by atoms with Gasteiger partial charge in [-0.3, -0.25) is 0 Å². The van der Waals surface area contributed by atoms with Crippen molar-refractivity contribution in [1.29, 1.82) is 0 Å². The maximum absolute atomic E-state index is 12.9. The molecule has 1 aromatic carbocycles. The SMILES string of the molecule is Cc1ccc(F)c(O)c1[C@@H](N)CO.Cl. The lowest BCUT2D eigenvalue weighted by Crippen LogP contribution is -2.16. The summed E-state index contributed by atoms with van der Waals surface area (Å²) in [6.45, 7) is 1.38. The molecule has 0 radical (unpaired) electrons. The lowest BCUT2D eigenvalue weighted by atomic mass is 10.0. The van der Waals surface area contributed by atoms with Crippen LogP contribution in [0.1, 0.15) is 17.2 Å². The second-order valence-electron chi connectivity index (χ2n) is 2.92.